The topological polar surface area (TPSA) is 49.4 Å². The zero-order valence-corrected chi connectivity index (χ0v) is 23.0. The molecule has 0 aliphatic carbocycles. The molecule has 0 saturated carbocycles. The van der Waals surface area contributed by atoms with Gasteiger partial charge in [-0.2, -0.15) is 0 Å². The fourth-order valence-corrected chi connectivity index (χ4v) is 5.10. The van der Waals surface area contributed by atoms with Gasteiger partial charge in [-0.05, 0) is 40.8 Å². The van der Waals surface area contributed by atoms with E-state index in [-0.39, 0.29) is 29.3 Å². The van der Waals surface area contributed by atoms with Gasteiger partial charge in [-0.1, -0.05) is 90.4 Å². The second kappa shape index (κ2) is 14.2. The van der Waals surface area contributed by atoms with E-state index in [0.29, 0.717) is 30.8 Å². The Labute approximate surface area is 225 Å². The van der Waals surface area contributed by atoms with Crippen molar-refractivity contribution in [3.63, 3.8) is 0 Å². The molecule has 0 fully saturated rings. The number of benzene rings is 3. The molecular weight excluding hydrogens is 539 g/mol. The second-order valence-corrected chi connectivity index (χ2v) is 11.0. The van der Waals surface area contributed by atoms with E-state index in [2.05, 4.69) is 21.2 Å². The predicted molar refractivity (Wildman–Crippen MR) is 149 cm³/mol. The number of halogens is 2. The summed E-state index contributed by atoms with van der Waals surface area (Å²) in [5.74, 6) is 0.208. The molecule has 0 aliphatic heterocycles. The van der Waals surface area contributed by atoms with Crippen LogP contribution in [0.5, 0.6) is 0 Å². The third-order valence-electron chi connectivity index (χ3n) is 5.64. The molecule has 0 radical (unpaired) electrons. The van der Waals surface area contributed by atoms with Crippen molar-refractivity contribution in [3.05, 3.63) is 106 Å². The summed E-state index contributed by atoms with van der Waals surface area (Å²) in [6, 6.07) is 23.4. The van der Waals surface area contributed by atoms with E-state index < -0.39 is 6.04 Å². The molecule has 0 aromatic heterocycles. The zero-order valence-electron chi connectivity index (χ0n) is 20.6. The molecule has 190 valence electrons. The van der Waals surface area contributed by atoms with Crippen LogP contribution in [-0.4, -0.2) is 35.1 Å². The fourth-order valence-electron chi connectivity index (χ4n) is 3.76. The van der Waals surface area contributed by atoms with E-state index in [1.54, 1.807) is 23.1 Å². The number of hydrogen-bond donors (Lipinski definition) is 1. The predicted octanol–water partition coefficient (Wildman–Crippen LogP) is 6.23. The molecule has 0 heterocycles. The van der Waals surface area contributed by atoms with Crippen molar-refractivity contribution >= 4 is 39.5 Å². The molecule has 1 N–H and O–H groups in total. The maximum atomic E-state index is 14.1. The molecule has 3 aromatic carbocycles. The Morgan fingerprint density at radius 2 is 1.67 bits per heavy atom. The molecule has 1 atom stereocenters. The first-order valence-corrected chi connectivity index (χ1v) is 13.9. The minimum Gasteiger partial charge on any atom is -0.354 e. The minimum absolute atomic E-state index is 0.144. The van der Waals surface area contributed by atoms with Crippen LogP contribution >= 0.6 is 27.7 Å². The van der Waals surface area contributed by atoms with Gasteiger partial charge in [-0.25, -0.2) is 4.39 Å². The molecular formula is C29H32BrFN2O2S. The van der Waals surface area contributed by atoms with Crippen molar-refractivity contribution in [2.75, 3.05) is 12.3 Å². The summed E-state index contributed by atoms with van der Waals surface area (Å²) in [5, 5.41) is 3.03. The Morgan fingerprint density at radius 1 is 0.972 bits per heavy atom. The quantitative estimate of drug-likeness (QED) is 0.280. The Bertz CT molecular complexity index is 1140. The first-order valence-electron chi connectivity index (χ1n) is 12.0. The normalized spacial score (nSPS) is 11.8. The maximum Gasteiger partial charge on any atom is 0.243 e. The molecule has 0 saturated heterocycles. The molecule has 0 bridgehead atoms. The first kappa shape index (κ1) is 27.9. The van der Waals surface area contributed by atoms with Crippen molar-refractivity contribution in [1.29, 1.82) is 0 Å². The van der Waals surface area contributed by atoms with Crippen LogP contribution in [0.3, 0.4) is 0 Å². The van der Waals surface area contributed by atoms with Gasteiger partial charge in [-0.15, -0.1) is 11.8 Å². The van der Waals surface area contributed by atoms with Gasteiger partial charge in [0.25, 0.3) is 0 Å². The van der Waals surface area contributed by atoms with E-state index in [4.69, 9.17) is 0 Å². The standard InChI is InChI=1S/C29H32BrFN2O2S/c1-21(2)17-32-29(35)27(16-22-9-4-3-5-10-22)33(18-23-11-8-13-25(30)15-23)28(34)20-36-19-24-12-6-7-14-26(24)31/h3-15,21,27H,16-20H2,1-2H3,(H,32,35)/t27-/m0/s1. The fraction of sp³-hybridized carbons (Fsp3) is 0.310. The molecule has 3 rings (SSSR count). The number of nitrogens with one attached hydrogen (secondary N) is 1. The van der Waals surface area contributed by atoms with Crippen LogP contribution in [0.15, 0.2) is 83.3 Å². The van der Waals surface area contributed by atoms with E-state index in [1.807, 2.05) is 68.4 Å². The minimum atomic E-state index is -0.674. The third kappa shape index (κ3) is 8.79. The molecule has 0 unspecified atom stereocenters. The lowest BCUT2D eigenvalue weighted by Crippen LogP contribution is -2.51. The average Bonchev–Trinajstić information content (AvgIpc) is 2.86. The Hall–Kier alpha value is -2.64. The van der Waals surface area contributed by atoms with E-state index in [0.717, 1.165) is 15.6 Å². The van der Waals surface area contributed by atoms with Gasteiger partial charge in [0.05, 0.1) is 5.75 Å². The van der Waals surface area contributed by atoms with Crippen molar-refractivity contribution in [1.82, 2.24) is 10.2 Å². The van der Waals surface area contributed by atoms with Crippen LogP contribution in [-0.2, 0) is 28.3 Å². The number of thioether (sulfide) groups is 1. The van der Waals surface area contributed by atoms with Crippen LogP contribution in [0.25, 0.3) is 0 Å². The molecule has 36 heavy (non-hydrogen) atoms. The maximum absolute atomic E-state index is 14.1. The Morgan fingerprint density at radius 3 is 2.36 bits per heavy atom. The highest BCUT2D eigenvalue weighted by Gasteiger charge is 2.30. The SMILES string of the molecule is CC(C)CNC(=O)[C@H](Cc1ccccc1)N(Cc1cccc(Br)c1)C(=O)CSCc1ccccc1F. The molecule has 7 heteroatoms. The summed E-state index contributed by atoms with van der Waals surface area (Å²) in [7, 11) is 0. The van der Waals surface area contributed by atoms with Gasteiger partial charge < -0.3 is 10.2 Å². The summed E-state index contributed by atoms with van der Waals surface area (Å²) >= 11 is 4.85. The van der Waals surface area contributed by atoms with Crippen LogP contribution in [0.2, 0.25) is 0 Å². The number of carbonyl (C=O) groups is 2. The highest BCUT2D eigenvalue weighted by atomic mass is 79.9. The monoisotopic (exact) mass is 570 g/mol. The van der Waals surface area contributed by atoms with Crippen molar-refractivity contribution in [3.8, 4) is 0 Å². The highest BCUT2D eigenvalue weighted by Crippen LogP contribution is 2.21. The van der Waals surface area contributed by atoms with E-state index >= 15 is 0 Å². The largest absolute Gasteiger partial charge is 0.354 e. The van der Waals surface area contributed by atoms with Crippen molar-refractivity contribution < 1.29 is 14.0 Å². The molecule has 2 amide bonds. The molecule has 4 nitrogen and oxygen atoms in total. The second-order valence-electron chi connectivity index (χ2n) is 9.08. The van der Waals surface area contributed by atoms with Gasteiger partial charge in [-0.3, -0.25) is 9.59 Å². The van der Waals surface area contributed by atoms with Gasteiger partial charge in [0.2, 0.25) is 11.8 Å². The summed E-state index contributed by atoms with van der Waals surface area (Å²) in [6.45, 7) is 4.91. The zero-order chi connectivity index (χ0) is 25.9. The summed E-state index contributed by atoms with van der Waals surface area (Å²) in [5.41, 5.74) is 2.46. The van der Waals surface area contributed by atoms with Gasteiger partial charge >= 0.3 is 0 Å². The number of hydrogen-bond acceptors (Lipinski definition) is 3. The molecule has 3 aromatic rings. The summed E-state index contributed by atoms with van der Waals surface area (Å²) < 4.78 is 15.0. The Balaban J connectivity index is 1.85. The van der Waals surface area contributed by atoms with Gasteiger partial charge in [0.1, 0.15) is 11.9 Å². The Kier molecular flexibility index (Phi) is 11.0. The van der Waals surface area contributed by atoms with E-state index in [9.17, 15) is 14.0 Å². The van der Waals surface area contributed by atoms with Crippen LogP contribution in [0, 0.1) is 11.7 Å². The van der Waals surface area contributed by atoms with Crippen LogP contribution < -0.4 is 5.32 Å². The lowest BCUT2D eigenvalue weighted by atomic mass is 10.0. The summed E-state index contributed by atoms with van der Waals surface area (Å²) in [4.78, 5) is 28.7. The average molecular weight is 572 g/mol. The number of nitrogens with zero attached hydrogens (tertiary/aromatic N) is 1. The van der Waals surface area contributed by atoms with Gasteiger partial charge in [0.15, 0.2) is 0 Å². The van der Waals surface area contributed by atoms with Crippen molar-refractivity contribution in [2.45, 2.75) is 38.6 Å². The van der Waals surface area contributed by atoms with Gasteiger partial charge in [0, 0.05) is 29.7 Å². The van der Waals surface area contributed by atoms with Crippen molar-refractivity contribution in [2.24, 2.45) is 5.92 Å². The lowest BCUT2D eigenvalue weighted by molar-refractivity contribution is -0.139. The highest BCUT2D eigenvalue weighted by molar-refractivity contribution is 9.10. The lowest BCUT2D eigenvalue weighted by Gasteiger charge is -2.32. The molecule has 0 aliphatic rings. The van der Waals surface area contributed by atoms with Crippen LogP contribution in [0.1, 0.15) is 30.5 Å². The first-order chi connectivity index (χ1) is 17.3. The summed E-state index contributed by atoms with van der Waals surface area (Å²) in [6.07, 6.45) is 0.405. The molecule has 0 spiro atoms. The number of rotatable bonds is 12. The van der Waals surface area contributed by atoms with Crippen LogP contribution in [0.4, 0.5) is 4.39 Å². The number of carbonyl (C=O) groups excluding carboxylic acids is 2. The van der Waals surface area contributed by atoms with E-state index in [1.165, 1.54) is 17.8 Å². The third-order valence-corrected chi connectivity index (χ3v) is 7.10. The number of amides is 2. The smallest absolute Gasteiger partial charge is 0.243 e.